The largest absolute Gasteiger partial charge is 0.462 e. The van der Waals surface area contributed by atoms with E-state index in [1.165, 1.54) is 21.0 Å². The van der Waals surface area contributed by atoms with E-state index >= 15 is 0 Å². The molecule has 3 rings (SSSR count). The molecule has 298 valence electrons. The number of allylic oxidation sites excluding steroid dienone is 2. The Kier molecular flexibility index (Phi) is 16.8. The van der Waals surface area contributed by atoms with Crippen LogP contribution in [0.4, 0.5) is 0 Å². The predicted molar refractivity (Wildman–Crippen MR) is 187 cm³/mol. The maximum Gasteiger partial charge on any atom is 0.308 e. The lowest BCUT2D eigenvalue weighted by Gasteiger charge is -2.50. The lowest BCUT2D eigenvalue weighted by molar-refractivity contribution is -0.344. The van der Waals surface area contributed by atoms with Gasteiger partial charge in [-0.05, 0) is 60.0 Å². The van der Waals surface area contributed by atoms with Gasteiger partial charge < -0.3 is 63.3 Å². The topological polar surface area (TPSA) is 200 Å². The summed E-state index contributed by atoms with van der Waals surface area (Å²) < 4.78 is 41.8. The highest BCUT2D eigenvalue weighted by Gasteiger charge is 2.52. The van der Waals surface area contributed by atoms with Gasteiger partial charge in [0, 0.05) is 33.3 Å². The lowest BCUT2D eigenvalue weighted by atomic mass is 9.82. The van der Waals surface area contributed by atoms with Crippen molar-refractivity contribution in [1.82, 2.24) is 4.90 Å². The summed E-state index contributed by atoms with van der Waals surface area (Å²) in [5.74, 6) is -2.23. The number of aliphatic hydroxyl groups excluding tert-OH is 3. The van der Waals surface area contributed by atoms with Crippen molar-refractivity contribution >= 4 is 18.2 Å². The fourth-order valence-electron chi connectivity index (χ4n) is 7.43. The molecule has 0 saturated carbocycles. The average Bonchev–Trinajstić information content (AvgIpc) is 3.03. The molecule has 3 aliphatic heterocycles. The summed E-state index contributed by atoms with van der Waals surface area (Å²) in [5, 5.41) is 45.4. The number of esters is 2. The van der Waals surface area contributed by atoms with Crippen molar-refractivity contribution in [1.29, 1.82) is 0 Å². The van der Waals surface area contributed by atoms with Gasteiger partial charge in [-0.25, -0.2) is 0 Å². The second-order valence-electron chi connectivity index (χ2n) is 14.9. The SMILES string of the molecule is COC1C(O)CC(=O)OC(C)CC=CC=CC(O)C(C)CC(CC=O)C1OC1OC(C)C(OC2CC(C)(O)C(OC(C)=O)C(C)O2)C(N(C)C)C1O. The Morgan fingerprint density at radius 2 is 1.73 bits per heavy atom. The summed E-state index contributed by atoms with van der Waals surface area (Å²) in [7, 11) is 4.84. The number of rotatable bonds is 9. The molecular weight excluding hydrogens is 682 g/mol. The summed E-state index contributed by atoms with van der Waals surface area (Å²) in [5.41, 5.74) is -1.47. The summed E-state index contributed by atoms with van der Waals surface area (Å²) in [6, 6.07) is -0.749. The number of ether oxygens (including phenoxy) is 7. The predicted octanol–water partition coefficient (Wildman–Crippen LogP) is 1.42. The Labute approximate surface area is 307 Å². The molecule has 16 atom stereocenters. The summed E-state index contributed by atoms with van der Waals surface area (Å²) in [6.45, 7) is 9.74. The Morgan fingerprint density at radius 3 is 2.33 bits per heavy atom. The molecule has 3 heterocycles. The minimum Gasteiger partial charge on any atom is -0.462 e. The Bertz CT molecular complexity index is 1210. The van der Waals surface area contributed by atoms with Gasteiger partial charge in [0.15, 0.2) is 18.7 Å². The third-order valence-electron chi connectivity index (χ3n) is 10.1. The number of aldehydes is 1. The fraction of sp³-hybridized carbons (Fsp3) is 0.811. The van der Waals surface area contributed by atoms with Crippen LogP contribution in [0, 0.1) is 11.8 Å². The molecule has 15 nitrogen and oxygen atoms in total. The minimum absolute atomic E-state index is 0.0335. The number of methoxy groups -OCH3 is 1. The number of likely N-dealkylation sites (N-methyl/N-ethyl adjacent to an activating group) is 1. The molecule has 16 unspecified atom stereocenters. The molecule has 3 aliphatic rings. The number of carbonyl (C=O) groups excluding carboxylic acids is 3. The Hall–Kier alpha value is -2.31. The number of hydrogen-bond acceptors (Lipinski definition) is 15. The zero-order valence-corrected chi connectivity index (χ0v) is 31.9. The number of nitrogens with zero attached hydrogens (tertiary/aromatic N) is 1. The van der Waals surface area contributed by atoms with E-state index in [0.29, 0.717) is 12.7 Å². The number of cyclic esters (lactones) is 1. The first-order chi connectivity index (χ1) is 24.4. The van der Waals surface area contributed by atoms with Crippen LogP contribution in [0.2, 0.25) is 0 Å². The maximum absolute atomic E-state index is 12.9. The normalized spacial score (nSPS) is 42.8. The first-order valence-electron chi connectivity index (χ1n) is 18.1. The minimum atomic E-state index is -1.47. The van der Waals surface area contributed by atoms with Gasteiger partial charge >= 0.3 is 11.9 Å². The van der Waals surface area contributed by atoms with Crippen LogP contribution in [0.15, 0.2) is 24.3 Å². The number of carbonyl (C=O) groups is 3. The lowest BCUT2D eigenvalue weighted by Crippen LogP contribution is -2.66. The van der Waals surface area contributed by atoms with Gasteiger partial charge in [0.25, 0.3) is 0 Å². The van der Waals surface area contributed by atoms with Crippen molar-refractivity contribution in [2.75, 3.05) is 21.2 Å². The van der Waals surface area contributed by atoms with Crippen molar-refractivity contribution < 1.29 is 68.0 Å². The Balaban J connectivity index is 1.93. The quantitative estimate of drug-likeness (QED) is 0.195. The molecule has 0 amide bonds. The zero-order chi connectivity index (χ0) is 38.9. The third kappa shape index (κ3) is 11.8. The molecule has 4 N–H and O–H groups in total. The second kappa shape index (κ2) is 19.9. The van der Waals surface area contributed by atoms with Gasteiger partial charge in [-0.3, -0.25) is 9.59 Å². The molecule has 0 radical (unpaired) electrons. The van der Waals surface area contributed by atoms with Crippen LogP contribution in [0.25, 0.3) is 0 Å². The van der Waals surface area contributed by atoms with E-state index < -0.39 is 110 Å². The van der Waals surface area contributed by atoms with E-state index in [0.717, 1.165) is 0 Å². The highest BCUT2D eigenvalue weighted by atomic mass is 16.7. The van der Waals surface area contributed by atoms with Crippen LogP contribution in [-0.2, 0) is 47.5 Å². The highest BCUT2D eigenvalue weighted by Crippen LogP contribution is 2.37. The first-order valence-corrected chi connectivity index (χ1v) is 18.1. The van der Waals surface area contributed by atoms with Crippen LogP contribution in [0.5, 0.6) is 0 Å². The highest BCUT2D eigenvalue weighted by molar-refractivity contribution is 5.70. The van der Waals surface area contributed by atoms with Crippen LogP contribution < -0.4 is 0 Å². The van der Waals surface area contributed by atoms with Crippen molar-refractivity contribution in [3.8, 4) is 0 Å². The first kappa shape index (κ1) is 44.1. The number of hydrogen-bond donors (Lipinski definition) is 4. The van der Waals surface area contributed by atoms with Gasteiger partial charge in [-0.1, -0.05) is 31.2 Å². The van der Waals surface area contributed by atoms with E-state index in [-0.39, 0.29) is 25.2 Å². The third-order valence-corrected chi connectivity index (χ3v) is 10.1. The van der Waals surface area contributed by atoms with E-state index in [1.807, 2.05) is 13.0 Å². The van der Waals surface area contributed by atoms with Gasteiger partial charge in [-0.2, -0.15) is 0 Å². The van der Waals surface area contributed by atoms with Crippen LogP contribution >= 0.6 is 0 Å². The van der Waals surface area contributed by atoms with Crippen molar-refractivity contribution in [3.05, 3.63) is 24.3 Å². The molecule has 0 aromatic heterocycles. The van der Waals surface area contributed by atoms with Gasteiger partial charge in [0.1, 0.15) is 36.3 Å². The molecular formula is C37H61NO14. The molecule has 0 aromatic carbocycles. The van der Waals surface area contributed by atoms with Crippen LogP contribution in [-0.4, -0.2) is 150 Å². The van der Waals surface area contributed by atoms with E-state index in [1.54, 1.807) is 58.0 Å². The van der Waals surface area contributed by atoms with Gasteiger partial charge in [-0.15, -0.1) is 0 Å². The van der Waals surface area contributed by atoms with E-state index in [9.17, 15) is 34.8 Å². The molecule has 52 heavy (non-hydrogen) atoms. The van der Waals surface area contributed by atoms with E-state index in [2.05, 4.69) is 0 Å². The number of aliphatic hydroxyl groups is 4. The van der Waals surface area contributed by atoms with Crippen molar-refractivity contribution in [2.45, 2.75) is 159 Å². The van der Waals surface area contributed by atoms with Gasteiger partial charge in [0.05, 0.1) is 43.0 Å². The smallest absolute Gasteiger partial charge is 0.308 e. The van der Waals surface area contributed by atoms with Gasteiger partial charge in [0.2, 0.25) is 0 Å². The maximum atomic E-state index is 12.9. The molecule has 0 bridgehead atoms. The monoisotopic (exact) mass is 743 g/mol. The molecule has 2 saturated heterocycles. The van der Waals surface area contributed by atoms with Crippen LogP contribution in [0.3, 0.4) is 0 Å². The Morgan fingerprint density at radius 1 is 1.04 bits per heavy atom. The molecule has 2 fully saturated rings. The van der Waals surface area contributed by atoms with Crippen molar-refractivity contribution in [3.63, 3.8) is 0 Å². The van der Waals surface area contributed by atoms with Crippen molar-refractivity contribution in [2.24, 2.45) is 11.8 Å². The average molecular weight is 744 g/mol. The second-order valence-corrected chi connectivity index (χ2v) is 14.9. The fourth-order valence-corrected chi connectivity index (χ4v) is 7.43. The van der Waals surface area contributed by atoms with E-state index in [4.69, 9.17) is 33.2 Å². The molecule has 0 spiro atoms. The zero-order valence-electron chi connectivity index (χ0n) is 31.9. The van der Waals surface area contributed by atoms with Crippen LogP contribution in [0.1, 0.15) is 73.6 Å². The standard InChI is InChI=1S/C37H61NO14/c1-20-17-25(15-16-39)33(34(46-9)27(42)18-28(43)47-21(2)13-11-10-12-14-26(20)41)52-36-31(44)30(38(7)8)32(22(3)49-36)51-29-19-37(6,45)35(23(4)48-29)50-24(5)40/h10-12,14,16,20-23,25-27,29-36,41-42,44-45H,13,15,17-19H2,1-9H3. The molecule has 15 heteroatoms. The molecule has 0 aromatic rings. The summed E-state index contributed by atoms with van der Waals surface area (Å²) >= 11 is 0. The molecule has 0 aliphatic carbocycles. The summed E-state index contributed by atoms with van der Waals surface area (Å²) in [4.78, 5) is 38.4. The summed E-state index contributed by atoms with van der Waals surface area (Å²) in [6.07, 6.45) is -4.09.